The number of ether oxygens (including phenoxy) is 1. The third kappa shape index (κ3) is 4.02. The van der Waals surface area contributed by atoms with E-state index in [0.29, 0.717) is 13.1 Å². The first-order chi connectivity index (χ1) is 12.2. The molecule has 2 atom stereocenters. The molecule has 0 spiro atoms. The summed E-state index contributed by atoms with van der Waals surface area (Å²) in [4.78, 5) is 3.33. The third-order valence-electron chi connectivity index (χ3n) is 4.45. The molecule has 132 valence electrons. The first-order valence-electron chi connectivity index (χ1n) is 8.42. The third-order valence-corrected chi connectivity index (χ3v) is 4.45. The molecule has 1 aromatic heterocycles. The van der Waals surface area contributed by atoms with Gasteiger partial charge in [0.2, 0.25) is 0 Å². The maximum atomic E-state index is 9.58. The number of fused-ring (bicyclic) bond motifs is 1. The van der Waals surface area contributed by atoms with Crippen molar-refractivity contribution in [1.29, 1.82) is 0 Å². The molecule has 2 aromatic carbocycles. The lowest BCUT2D eigenvalue weighted by Gasteiger charge is -2.19. The highest BCUT2D eigenvalue weighted by atomic mass is 16.5. The molecule has 3 rings (SSSR count). The molecule has 0 amide bonds. The molecule has 0 radical (unpaired) electrons. The lowest BCUT2D eigenvalue weighted by Crippen LogP contribution is -2.32. The number of aliphatic hydroxyl groups is 2. The topological polar surface area (TPSA) is 77.5 Å². The standard InChI is InChI=1S/C20H24N2O3/c1-25-16-8-6-14(7-9-16)18(11-21-10-15(24)13-23)19-12-22-20-5-3-2-4-17(19)20/h2-9,12,15,18,21-24H,10-11,13H2,1H3/t15-,18+/m1/s1. The first kappa shape index (κ1) is 17.5. The normalized spacial score (nSPS) is 13.7. The van der Waals surface area contributed by atoms with Crippen molar-refractivity contribution in [2.45, 2.75) is 12.0 Å². The predicted octanol–water partition coefficient (Wildman–Crippen LogP) is 2.25. The SMILES string of the molecule is COc1ccc([C@H](CNC[C@@H](O)CO)c2c[nH]c3ccccc23)cc1. The lowest BCUT2D eigenvalue weighted by atomic mass is 9.90. The van der Waals surface area contributed by atoms with Crippen LogP contribution in [0.15, 0.2) is 54.7 Å². The molecule has 4 N–H and O–H groups in total. The molecular formula is C20H24N2O3. The van der Waals surface area contributed by atoms with Gasteiger partial charge >= 0.3 is 0 Å². The number of benzene rings is 2. The average Bonchev–Trinajstić information content (AvgIpc) is 3.09. The Morgan fingerprint density at radius 2 is 1.84 bits per heavy atom. The van der Waals surface area contributed by atoms with Crippen molar-refractivity contribution in [3.8, 4) is 5.75 Å². The van der Waals surface area contributed by atoms with Gasteiger partial charge in [-0.05, 0) is 29.3 Å². The van der Waals surface area contributed by atoms with E-state index in [1.807, 2.05) is 30.5 Å². The van der Waals surface area contributed by atoms with Crippen LogP contribution in [0, 0.1) is 0 Å². The zero-order valence-corrected chi connectivity index (χ0v) is 14.3. The summed E-state index contributed by atoms with van der Waals surface area (Å²) >= 11 is 0. The zero-order valence-electron chi connectivity index (χ0n) is 14.3. The number of hydrogen-bond acceptors (Lipinski definition) is 4. The summed E-state index contributed by atoms with van der Waals surface area (Å²) in [5.74, 6) is 0.943. The van der Waals surface area contributed by atoms with E-state index in [1.54, 1.807) is 7.11 Å². The van der Waals surface area contributed by atoms with Crippen molar-refractivity contribution in [2.24, 2.45) is 0 Å². The van der Waals surface area contributed by atoms with E-state index in [-0.39, 0.29) is 12.5 Å². The number of methoxy groups -OCH3 is 1. The van der Waals surface area contributed by atoms with Crippen LogP contribution in [-0.2, 0) is 0 Å². The van der Waals surface area contributed by atoms with E-state index in [9.17, 15) is 5.11 Å². The van der Waals surface area contributed by atoms with Gasteiger partial charge in [0, 0.05) is 36.1 Å². The molecule has 0 unspecified atom stereocenters. The van der Waals surface area contributed by atoms with Gasteiger partial charge in [0.1, 0.15) is 5.75 Å². The van der Waals surface area contributed by atoms with Crippen LogP contribution >= 0.6 is 0 Å². The second-order valence-corrected chi connectivity index (χ2v) is 6.11. The van der Waals surface area contributed by atoms with Gasteiger partial charge in [-0.15, -0.1) is 0 Å². The Labute approximate surface area is 147 Å². The van der Waals surface area contributed by atoms with Gasteiger partial charge in [-0.1, -0.05) is 30.3 Å². The number of nitrogens with one attached hydrogen (secondary N) is 2. The van der Waals surface area contributed by atoms with E-state index in [0.717, 1.165) is 16.8 Å². The molecule has 5 heteroatoms. The van der Waals surface area contributed by atoms with Crippen LogP contribution in [0.4, 0.5) is 0 Å². The Morgan fingerprint density at radius 1 is 1.08 bits per heavy atom. The quantitative estimate of drug-likeness (QED) is 0.507. The van der Waals surface area contributed by atoms with Crippen LogP contribution in [0.3, 0.4) is 0 Å². The van der Waals surface area contributed by atoms with Crippen molar-refractivity contribution < 1.29 is 14.9 Å². The Hall–Kier alpha value is -2.34. The summed E-state index contributed by atoms with van der Waals surface area (Å²) in [5, 5.41) is 23.0. The average molecular weight is 340 g/mol. The van der Waals surface area contributed by atoms with Crippen LogP contribution in [0.1, 0.15) is 17.0 Å². The van der Waals surface area contributed by atoms with Crippen molar-refractivity contribution >= 4 is 10.9 Å². The van der Waals surface area contributed by atoms with E-state index >= 15 is 0 Å². The molecule has 0 saturated heterocycles. The largest absolute Gasteiger partial charge is 0.497 e. The zero-order chi connectivity index (χ0) is 17.6. The Bertz CT molecular complexity index is 798. The summed E-state index contributed by atoms with van der Waals surface area (Å²) in [6.07, 6.45) is 1.29. The molecule has 5 nitrogen and oxygen atoms in total. The minimum Gasteiger partial charge on any atom is -0.497 e. The molecule has 0 aliphatic heterocycles. The molecule has 1 heterocycles. The van der Waals surface area contributed by atoms with E-state index in [1.165, 1.54) is 10.9 Å². The summed E-state index contributed by atoms with van der Waals surface area (Å²) in [6, 6.07) is 16.3. The van der Waals surface area contributed by atoms with Gasteiger partial charge in [-0.2, -0.15) is 0 Å². The predicted molar refractivity (Wildman–Crippen MR) is 99.1 cm³/mol. The molecule has 0 bridgehead atoms. The number of rotatable bonds is 8. The Kier molecular flexibility index (Phi) is 5.71. The van der Waals surface area contributed by atoms with Crippen molar-refractivity contribution in [2.75, 3.05) is 26.8 Å². The van der Waals surface area contributed by atoms with Crippen molar-refractivity contribution in [1.82, 2.24) is 10.3 Å². The van der Waals surface area contributed by atoms with E-state index in [2.05, 4.69) is 34.6 Å². The molecule has 0 fully saturated rings. The maximum Gasteiger partial charge on any atom is 0.118 e. The Balaban J connectivity index is 1.90. The molecular weight excluding hydrogens is 316 g/mol. The number of H-pyrrole nitrogens is 1. The number of aliphatic hydroxyl groups excluding tert-OH is 2. The van der Waals surface area contributed by atoms with Crippen LogP contribution in [0.5, 0.6) is 5.75 Å². The number of aromatic nitrogens is 1. The molecule has 0 saturated carbocycles. The highest BCUT2D eigenvalue weighted by Gasteiger charge is 2.18. The second-order valence-electron chi connectivity index (χ2n) is 6.11. The molecule has 25 heavy (non-hydrogen) atoms. The van der Waals surface area contributed by atoms with Gasteiger partial charge in [0.15, 0.2) is 0 Å². The molecule has 3 aromatic rings. The molecule has 0 aliphatic carbocycles. The smallest absolute Gasteiger partial charge is 0.118 e. The maximum absolute atomic E-state index is 9.58. The fourth-order valence-electron chi connectivity index (χ4n) is 3.08. The summed E-state index contributed by atoms with van der Waals surface area (Å²) in [6.45, 7) is 0.768. The highest BCUT2D eigenvalue weighted by Crippen LogP contribution is 2.31. The van der Waals surface area contributed by atoms with Crippen LogP contribution < -0.4 is 10.1 Å². The van der Waals surface area contributed by atoms with E-state index in [4.69, 9.17) is 9.84 Å². The van der Waals surface area contributed by atoms with Gasteiger partial charge in [0.05, 0.1) is 19.8 Å². The number of para-hydroxylation sites is 1. The van der Waals surface area contributed by atoms with Crippen molar-refractivity contribution in [3.05, 3.63) is 65.9 Å². The summed E-state index contributed by atoms with van der Waals surface area (Å²) in [5.41, 5.74) is 3.47. The van der Waals surface area contributed by atoms with Crippen molar-refractivity contribution in [3.63, 3.8) is 0 Å². The summed E-state index contributed by atoms with van der Waals surface area (Å²) < 4.78 is 5.25. The monoisotopic (exact) mass is 340 g/mol. The second kappa shape index (κ2) is 8.16. The number of aromatic amines is 1. The van der Waals surface area contributed by atoms with Crippen LogP contribution in [0.2, 0.25) is 0 Å². The van der Waals surface area contributed by atoms with Gasteiger partial charge < -0.3 is 25.3 Å². The fourth-order valence-corrected chi connectivity index (χ4v) is 3.08. The molecule has 0 aliphatic rings. The Morgan fingerprint density at radius 3 is 2.56 bits per heavy atom. The van der Waals surface area contributed by atoms with E-state index < -0.39 is 6.10 Å². The first-order valence-corrected chi connectivity index (χ1v) is 8.42. The fraction of sp³-hybridized carbons (Fsp3) is 0.300. The summed E-state index contributed by atoms with van der Waals surface area (Å²) in [7, 11) is 1.66. The van der Waals surface area contributed by atoms with Crippen LogP contribution in [-0.4, -0.2) is 48.1 Å². The van der Waals surface area contributed by atoms with Gasteiger partial charge in [-0.25, -0.2) is 0 Å². The van der Waals surface area contributed by atoms with Gasteiger partial charge in [-0.3, -0.25) is 0 Å². The number of hydrogen-bond donors (Lipinski definition) is 4. The van der Waals surface area contributed by atoms with Gasteiger partial charge in [0.25, 0.3) is 0 Å². The van der Waals surface area contributed by atoms with Crippen LogP contribution in [0.25, 0.3) is 10.9 Å². The highest BCUT2D eigenvalue weighted by molar-refractivity contribution is 5.84. The minimum absolute atomic E-state index is 0.118. The lowest BCUT2D eigenvalue weighted by molar-refractivity contribution is 0.0944. The minimum atomic E-state index is -0.750.